The smallest absolute Gasteiger partial charge is 0.264 e. The van der Waals surface area contributed by atoms with Crippen LogP contribution in [-0.2, 0) is 20.2 Å². The first-order valence-corrected chi connectivity index (χ1v) is 15.6. The molecule has 42 heavy (non-hydrogen) atoms. The quantitative estimate of drug-likeness (QED) is 0.331. The number of anilines is 1. The van der Waals surface area contributed by atoms with Crippen LogP contribution in [0.1, 0.15) is 75.8 Å². The molecule has 2 unspecified atom stereocenters. The number of sulfonamides is 1. The van der Waals surface area contributed by atoms with E-state index >= 15 is 0 Å². The minimum atomic E-state index is -4.04. The molecule has 1 N–H and O–H groups in total. The third-order valence-electron chi connectivity index (χ3n) is 7.70. The van der Waals surface area contributed by atoms with E-state index in [4.69, 9.17) is 14.2 Å². The fourth-order valence-corrected chi connectivity index (χ4v) is 6.62. The normalized spacial score (nSPS) is 16.0. The Kier molecular flexibility index (Phi) is 8.83. The van der Waals surface area contributed by atoms with Gasteiger partial charge in [0, 0.05) is 0 Å². The number of aryl methyl sites for hydroxylation is 1. The fourth-order valence-electron chi connectivity index (χ4n) is 5.15. The maximum Gasteiger partial charge on any atom is 0.264 e. The Hall–Kier alpha value is -3.72. The van der Waals surface area contributed by atoms with Crippen molar-refractivity contribution in [3.63, 3.8) is 0 Å². The zero-order valence-corrected chi connectivity index (χ0v) is 26.8. The van der Waals surface area contributed by atoms with Crippen molar-refractivity contribution < 1.29 is 27.4 Å². The number of nitrogens with zero attached hydrogens (tertiary/aromatic N) is 1. The van der Waals surface area contributed by atoms with Crippen LogP contribution in [-0.4, -0.2) is 41.2 Å². The van der Waals surface area contributed by atoms with Crippen molar-refractivity contribution in [3.8, 4) is 17.2 Å². The van der Waals surface area contributed by atoms with Gasteiger partial charge >= 0.3 is 0 Å². The van der Waals surface area contributed by atoms with E-state index < -0.39 is 22.0 Å². The monoisotopic (exact) mass is 594 g/mol. The summed E-state index contributed by atoms with van der Waals surface area (Å²) in [6.45, 7) is 14.1. The molecule has 0 saturated carbocycles. The van der Waals surface area contributed by atoms with Crippen LogP contribution in [0.5, 0.6) is 17.2 Å². The Balaban J connectivity index is 1.69. The Morgan fingerprint density at radius 3 is 2.21 bits per heavy atom. The van der Waals surface area contributed by atoms with Gasteiger partial charge in [-0.1, -0.05) is 40.7 Å². The van der Waals surface area contributed by atoms with Crippen molar-refractivity contribution in [2.24, 2.45) is 0 Å². The molecular weight excluding hydrogens is 552 g/mol. The molecular formula is C33H42N2O6S. The number of benzene rings is 3. The molecule has 1 amide bonds. The van der Waals surface area contributed by atoms with Crippen LogP contribution < -0.4 is 23.8 Å². The first-order chi connectivity index (χ1) is 19.7. The van der Waals surface area contributed by atoms with Gasteiger partial charge in [0.15, 0.2) is 6.10 Å². The lowest BCUT2D eigenvalue weighted by Crippen LogP contribution is -2.51. The van der Waals surface area contributed by atoms with Crippen LogP contribution >= 0.6 is 0 Å². The van der Waals surface area contributed by atoms with Gasteiger partial charge in [0.05, 0.1) is 37.4 Å². The molecule has 1 heterocycles. The minimum absolute atomic E-state index is 0.0971. The second-order valence-electron chi connectivity index (χ2n) is 12.1. The lowest BCUT2D eigenvalue weighted by Gasteiger charge is -2.36. The summed E-state index contributed by atoms with van der Waals surface area (Å²) in [6.07, 6.45) is -1.06. The topological polar surface area (TPSA) is 94.2 Å². The fraction of sp³-hybridized carbons (Fsp3) is 0.424. The summed E-state index contributed by atoms with van der Waals surface area (Å²) < 4.78 is 46.3. The van der Waals surface area contributed by atoms with Crippen LogP contribution in [0, 0.1) is 6.92 Å². The lowest BCUT2D eigenvalue weighted by molar-refractivity contribution is -0.128. The summed E-state index contributed by atoms with van der Waals surface area (Å²) in [5.41, 5.74) is 4.13. The van der Waals surface area contributed by atoms with Crippen LogP contribution in [0.3, 0.4) is 0 Å². The molecule has 2 atom stereocenters. The summed E-state index contributed by atoms with van der Waals surface area (Å²) in [5.74, 6) is 1.53. The summed E-state index contributed by atoms with van der Waals surface area (Å²) in [6, 6.07) is 15.4. The van der Waals surface area contributed by atoms with Crippen molar-refractivity contribution in [1.82, 2.24) is 5.32 Å². The van der Waals surface area contributed by atoms with E-state index in [9.17, 15) is 13.2 Å². The number of carbonyl (C=O) groups is 1. The molecule has 0 aliphatic carbocycles. The number of nitrogens with one attached hydrogen (secondary N) is 1. The summed E-state index contributed by atoms with van der Waals surface area (Å²) in [5, 5.41) is 3.06. The summed E-state index contributed by atoms with van der Waals surface area (Å²) in [7, 11) is -0.858. The summed E-state index contributed by atoms with van der Waals surface area (Å²) in [4.78, 5) is 13.8. The number of amides is 1. The SMILES string of the molecule is COc1ccc(S(=O)(=O)N2CC(C(=O)NC(C)c3cc(C(C)C)c(OC)cc3C)Oc3ccc(C(C)(C)C)cc32)cc1. The molecule has 0 spiro atoms. The van der Waals surface area contributed by atoms with E-state index in [0.29, 0.717) is 17.2 Å². The zero-order valence-electron chi connectivity index (χ0n) is 25.9. The Morgan fingerprint density at radius 2 is 1.64 bits per heavy atom. The van der Waals surface area contributed by atoms with E-state index in [1.54, 1.807) is 25.3 Å². The van der Waals surface area contributed by atoms with E-state index in [1.807, 2.05) is 32.0 Å². The van der Waals surface area contributed by atoms with Crippen molar-refractivity contribution >= 4 is 21.6 Å². The van der Waals surface area contributed by atoms with Gasteiger partial charge in [-0.25, -0.2) is 8.42 Å². The van der Waals surface area contributed by atoms with E-state index in [-0.39, 0.29) is 28.8 Å². The number of carbonyl (C=O) groups excluding carboxylic acids is 1. The molecule has 0 saturated heterocycles. The van der Waals surface area contributed by atoms with Crippen molar-refractivity contribution in [2.45, 2.75) is 76.8 Å². The van der Waals surface area contributed by atoms with Gasteiger partial charge < -0.3 is 19.5 Å². The maximum atomic E-state index is 14.0. The van der Waals surface area contributed by atoms with Crippen LogP contribution in [0.15, 0.2) is 59.5 Å². The highest BCUT2D eigenvalue weighted by molar-refractivity contribution is 7.92. The molecule has 9 heteroatoms. The molecule has 0 fully saturated rings. The number of methoxy groups -OCH3 is 2. The van der Waals surface area contributed by atoms with Crippen molar-refractivity contribution in [2.75, 3.05) is 25.1 Å². The molecule has 0 bridgehead atoms. The van der Waals surface area contributed by atoms with Gasteiger partial charge in [-0.2, -0.15) is 0 Å². The van der Waals surface area contributed by atoms with Gasteiger partial charge in [-0.15, -0.1) is 0 Å². The third-order valence-corrected chi connectivity index (χ3v) is 9.49. The summed E-state index contributed by atoms with van der Waals surface area (Å²) >= 11 is 0. The lowest BCUT2D eigenvalue weighted by atomic mass is 9.86. The van der Waals surface area contributed by atoms with Gasteiger partial charge in [-0.05, 0) is 96.0 Å². The van der Waals surface area contributed by atoms with Gasteiger partial charge in [-0.3, -0.25) is 9.10 Å². The highest BCUT2D eigenvalue weighted by Crippen LogP contribution is 2.40. The Labute approximate surface area is 250 Å². The average Bonchev–Trinajstić information content (AvgIpc) is 2.95. The first-order valence-electron chi connectivity index (χ1n) is 14.1. The Bertz CT molecular complexity index is 1560. The standard InChI is InChI=1S/C33H42N2O6S/c1-20(2)26-18-27(21(3)16-30(26)40-9)22(4)34-32(36)31-19-35(42(37,38)25-13-11-24(39-8)12-14-25)28-17-23(33(5,6)7)10-15-29(28)41-31/h10-18,20,22,31H,19H2,1-9H3,(H,34,36). The van der Waals surface area contributed by atoms with Crippen LogP contribution in [0.25, 0.3) is 0 Å². The highest BCUT2D eigenvalue weighted by atomic mass is 32.2. The van der Waals surface area contributed by atoms with Crippen LogP contribution in [0.4, 0.5) is 5.69 Å². The molecule has 0 aromatic heterocycles. The first kappa shape index (κ1) is 31.2. The van der Waals surface area contributed by atoms with Gasteiger partial charge in [0.25, 0.3) is 15.9 Å². The van der Waals surface area contributed by atoms with Gasteiger partial charge in [0.2, 0.25) is 0 Å². The molecule has 4 rings (SSSR count). The van der Waals surface area contributed by atoms with E-state index in [2.05, 4.69) is 46.0 Å². The highest BCUT2D eigenvalue weighted by Gasteiger charge is 2.39. The third kappa shape index (κ3) is 6.21. The predicted octanol–water partition coefficient (Wildman–Crippen LogP) is 6.27. The van der Waals surface area contributed by atoms with Crippen molar-refractivity contribution in [3.05, 3.63) is 76.9 Å². The number of fused-ring (bicyclic) bond motifs is 1. The molecule has 8 nitrogen and oxygen atoms in total. The zero-order chi connectivity index (χ0) is 31.0. The second-order valence-corrected chi connectivity index (χ2v) is 13.9. The number of hydrogen-bond donors (Lipinski definition) is 1. The molecule has 1 aliphatic rings. The maximum absolute atomic E-state index is 14.0. The van der Waals surface area contributed by atoms with Crippen molar-refractivity contribution in [1.29, 1.82) is 0 Å². The van der Waals surface area contributed by atoms with E-state index in [1.165, 1.54) is 23.5 Å². The van der Waals surface area contributed by atoms with Crippen LogP contribution in [0.2, 0.25) is 0 Å². The second kappa shape index (κ2) is 11.9. The molecule has 3 aromatic rings. The number of hydrogen-bond acceptors (Lipinski definition) is 6. The largest absolute Gasteiger partial charge is 0.497 e. The Morgan fingerprint density at radius 1 is 0.976 bits per heavy atom. The van der Waals surface area contributed by atoms with Gasteiger partial charge in [0.1, 0.15) is 17.2 Å². The minimum Gasteiger partial charge on any atom is -0.497 e. The van der Waals surface area contributed by atoms with E-state index in [0.717, 1.165) is 28.0 Å². The molecule has 226 valence electrons. The molecule has 3 aromatic carbocycles. The average molecular weight is 595 g/mol. The molecule has 0 radical (unpaired) electrons. The predicted molar refractivity (Wildman–Crippen MR) is 165 cm³/mol. The number of rotatable bonds is 8. The number of ether oxygens (including phenoxy) is 3. The molecule has 1 aliphatic heterocycles.